The fourth-order valence-corrected chi connectivity index (χ4v) is 3.00. The van der Waals surface area contributed by atoms with Crippen molar-refractivity contribution in [2.45, 2.75) is 19.6 Å². The molecule has 0 spiro atoms. The van der Waals surface area contributed by atoms with E-state index >= 15 is 0 Å². The second kappa shape index (κ2) is 10.3. The molecule has 31 heavy (non-hydrogen) atoms. The Balaban J connectivity index is 1.72. The minimum Gasteiger partial charge on any atom is -0.484 e. The summed E-state index contributed by atoms with van der Waals surface area (Å²) in [5.41, 5.74) is 2.00. The first-order chi connectivity index (χ1) is 14.9. The van der Waals surface area contributed by atoms with Gasteiger partial charge in [-0.15, -0.1) is 0 Å². The van der Waals surface area contributed by atoms with Crippen molar-refractivity contribution in [3.05, 3.63) is 95.6 Å². The lowest BCUT2D eigenvalue weighted by Gasteiger charge is -2.20. The van der Waals surface area contributed by atoms with Gasteiger partial charge >= 0.3 is 6.61 Å². The molecule has 0 aromatic heterocycles. The topological polar surface area (TPSA) is 64.6 Å². The largest absolute Gasteiger partial charge is 0.484 e. The van der Waals surface area contributed by atoms with Crippen LogP contribution in [-0.4, -0.2) is 24.9 Å². The molecular formula is C24H21F2NO4. The minimum absolute atomic E-state index is 0.0329. The molecule has 0 heterocycles. The van der Waals surface area contributed by atoms with Crippen LogP contribution in [0.3, 0.4) is 0 Å². The van der Waals surface area contributed by atoms with Crippen LogP contribution in [-0.2, 0) is 4.79 Å². The summed E-state index contributed by atoms with van der Waals surface area (Å²) in [4.78, 5) is 24.1. The third-order valence-corrected chi connectivity index (χ3v) is 4.49. The number of rotatable bonds is 9. The Labute approximate surface area is 178 Å². The molecular weight excluding hydrogens is 404 g/mol. The SMILES string of the molecule is CC(=O)c1cccc(OCC(=O)NC(c2ccccc2)c2ccc(OC(F)F)cc2)c1. The van der Waals surface area contributed by atoms with Crippen molar-refractivity contribution in [1.82, 2.24) is 5.32 Å². The van der Waals surface area contributed by atoms with Gasteiger partial charge in [0.25, 0.3) is 5.91 Å². The molecule has 0 saturated heterocycles. The maximum Gasteiger partial charge on any atom is 0.387 e. The van der Waals surface area contributed by atoms with Crippen molar-refractivity contribution < 1.29 is 27.8 Å². The number of halogens is 2. The van der Waals surface area contributed by atoms with Gasteiger partial charge in [-0.05, 0) is 42.3 Å². The molecule has 0 saturated carbocycles. The molecule has 3 aromatic rings. The number of amides is 1. The summed E-state index contributed by atoms with van der Waals surface area (Å²) in [6.45, 7) is -1.71. The van der Waals surface area contributed by atoms with Gasteiger partial charge in [0.15, 0.2) is 12.4 Å². The highest BCUT2D eigenvalue weighted by atomic mass is 19.3. The van der Waals surface area contributed by atoms with E-state index in [2.05, 4.69) is 10.1 Å². The third-order valence-electron chi connectivity index (χ3n) is 4.49. The third kappa shape index (κ3) is 6.37. The van der Waals surface area contributed by atoms with Crippen LogP contribution in [0.5, 0.6) is 11.5 Å². The lowest BCUT2D eigenvalue weighted by Crippen LogP contribution is -2.33. The van der Waals surface area contributed by atoms with Gasteiger partial charge in [-0.3, -0.25) is 9.59 Å². The van der Waals surface area contributed by atoms with E-state index in [1.165, 1.54) is 19.1 Å². The fourth-order valence-electron chi connectivity index (χ4n) is 3.00. The number of benzene rings is 3. The van der Waals surface area contributed by atoms with Gasteiger partial charge in [-0.1, -0.05) is 54.6 Å². The number of alkyl halides is 2. The van der Waals surface area contributed by atoms with Crippen molar-refractivity contribution in [1.29, 1.82) is 0 Å². The molecule has 7 heteroatoms. The maximum absolute atomic E-state index is 12.6. The van der Waals surface area contributed by atoms with Gasteiger partial charge in [-0.2, -0.15) is 8.78 Å². The van der Waals surface area contributed by atoms with E-state index < -0.39 is 12.7 Å². The first-order valence-corrected chi connectivity index (χ1v) is 9.55. The van der Waals surface area contributed by atoms with Crippen molar-refractivity contribution >= 4 is 11.7 Å². The summed E-state index contributed by atoms with van der Waals surface area (Å²) >= 11 is 0. The molecule has 160 valence electrons. The Morgan fingerprint density at radius 2 is 1.55 bits per heavy atom. The molecule has 1 atom stereocenters. The number of carbonyl (C=O) groups excluding carboxylic acids is 2. The number of hydrogen-bond donors (Lipinski definition) is 1. The molecule has 0 aliphatic carbocycles. The molecule has 0 aliphatic heterocycles. The van der Waals surface area contributed by atoms with E-state index in [0.717, 1.165) is 5.56 Å². The Bertz CT molecular complexity index is 1020. The van der Waals surface area contributed by atoms with Gasteiger partial charge in [-0.25, -0.2) is 0 Å². The van der Waals surface area contributed by atoms with Crippen LogP contribution in [0.2, 0.25) is 0 Å². The summed E-state index contributed by atoms with van der Waals surface area (Å²) in [7, 11) is 0. The smallest absolute Gasteiger partial charge is 0.387 e. The second-order valence-electron chi connectivity index (χ2n) is 6.73. The average Bonchev–Trinajstić information content (AvgIpc) is 2.77. The highest BCUT2D eigenvalue weighted by Crippen LogP contribution is 2.25. The summed E-state index contributed by atoms with van der Waals surface area (Å²) in [6, 6.07) is 21.4. The van der Waals surface area contributed by atoms with E-state index in [1.807, 2.05) is 30.3 Å². The quantitative estimate of drug-likeness (QED) is 0.502. The summed E-state index contributed by atoms with van der Waals surface area (Å²) in [5, 5.41) is 2.90. The van der Waals surface area contributed by atoms with Crippen LogP contribution in [0.25, 0.3) is 0 Å². The molecule has 5 nitrogen and oxygen atoms in total. The molecule has 1 amide bonds. The number of carbonyl (C=O) groups is 2. The predicted octanol–water partition coefficient (Wildman–Crippen LogP) is 4.78. The molecule has 3 aromatic carbocycles. The normalized spacial score (nSPS) is 11.6. The molecule has 0 bridgehead atoms. The Morgan fingerprint density at radius 1 is 0.871 bits per heavy atom. The van der Waals surface area contributed by atoms with E-state index in [-0.39, 0.29) is 24.0 Å². The Hall–Kier alpha value is -3.74. The average molecular weight is 425 g/mol. The van der Waals surface area contributed by atoms with Gasteiger partial charge in [0.1, 0.15) is 11.5 Å². The molecule has 0 fully saturated rings. The monoisotopic (exact) mass is 425 g/mol. The minimum atomic E-state index is -2.91. The van der Waals surface area contributed by atoms with Crippen molar-refractivity contribution in [2.75, 3.05) is 6.61 Å². The first-order valence-electron chi connectivity index (χ1n) is 9.55. The van der Waals surface area contributed by atoms with Gasteiger partial charge in [0.2, 0.25) is 0 Å². The van der Waals surface area contributed by atoms with Gasteiger partial charge in [0.05, 0.1) is 6.04 Å². The van der Waals surface area contributed by atoms with Crippen LogP contribution in [0, 0.1) is 0 Å². The van der Waals surface area contributed by atoms with Gasteiger partial charge < -0.3 is 14.8 Å². The number of nitrogens with one attached hydrogen (secondary N) is 1. The van der Waals surface area contributed by atoms with Crippen LogP contribution >= 0.6 is 0 Å². The predicted molar refractivity (Wildman–Crippen MR) is 111 cm³/mol. The number of Topliss-reactive ketones (excluding diaryl/α,β-unsaturated/α-hetero) is 1. The lowest BCUT2D eigenvalue weighted by molar-refractivity contribution is -0.123. The molecule has 1 unspecified atom stereocenters. The van der Waals surface area contributed by atoms with Crippen LogP contribution in [0.4, 0.5) is 8.78 Å². The zero-order valence-electron chi connectivity index (χ0n) is 16.8. The molecule has 0 radical (unpaired) electrons. The lowest BCUT2D eigenvalue weighted by atomic mass is 9.98. The Kier molecular flexibility index (Phi) is 7.32. The Morgan fingerprint density at radius 3 is 2.19 bits per heavy atom. The van der Waals surface area contributed by atoms with E-state index in [9.17, 15) is 18.4 Å². The molecule has 0 aliphatic rings. The zero-order valence-corrected chi connectivity index (χ0v) is 16.8. The highest BCUT2D eigenvalue weighted by Gasteiger charge is 2.18. The van der Waals surface area contributed by atoms with Crippen LogP contribution in [0.15, 0.2) is 78.9 Å². The summed E-state index contributed by atoms with van der Waals surface area (Å²) < 4.78 is 34.7. The standard InChI is InChI=1S/C24H21F2NO4/c1-16(28)19-8-5-9-21(14-19)30-15-22(29)27-23(17-6-3-2-4-7-17)18-10-12-20(13-11-18)31-24(25)26/h2-14,23-24H,15H2,1H3,(H,27,29). The zero-order chi connectivity index (χ0) is 22.2. The van der Waals surface area contributed by atoms with Crippen molar-refractivity contribution in [3.8, 4) is 11.5 Å². The number of ketones is 1. The van der Waals surface area contributed by atoms with Crippen molar-refractivity contribution in [2.24, 2.45) is 0 Å². The van der Waals surface area contributed by atoms with Crippen LogP contribution in [0.1, 0.15) is 34.5 Å². The molecule has 1 N–H and O–H groups in total. The fraction of sp³-hybridized carbons (Fsp3) is 0.167. The van der Waals surface area contributed by atoms with Crippen molar-refractivity contribution in [3.63, 3.8) is 0 Å². The number of ether oxygens (including phenoxy) is 2. The molecule has 3 rings (SSSR count). The summed E-state index contributed by atoms with van der Waals surface area (Å²) in [6.07, 6.45) is 0. The van der Waals surface area contributed by atoms with E-state index in [0.29, 0.717) is 16.9 Å². The number of hydrogen-bond acceptors (Lipinski definition) is 4. The summed E-state index contributed by atoms with van der Waals surface area (Å²) in [5.74, 6) is -0.0357. The van der Waals surface area contributed by atoms with Crippen LogP contribution < -0.4 is 14.8 Å². The first kappa shape index (κ1) is 22.0. The second-order valence-corrected chi connectivity index (χ2v) is 6.73. The van der Waals surface area contributed by atoms with E-state index in [4.69, 9.17) is 4.74 Å². The maximum atomic E-state index is 12.6. The van der Waals surface area contributed by atoms with E-state index in [1.54, 1.807) is 36.4 Å². The van der Waals surface area contributed by atoms with Gasteiger partial charge in [0, 0.05) is 5.56 Å². The highest BCUT2D eigenvalue weighted by molar-refractivity contribution is 5.94.